The van der Waals surface area contributed by atoms with Gasteiger partial charge in [-0.15, -0.1) is 5.10 Å². The zero-order valence-corrected chi connectivity index (χ0v) is 20.2. The van der Waals surface area contributed by atoms with Gasteiger partial charge in [0.25, 0.3) is 6.43 Å². The predicted molar refractivity (Wildman–Crippen MR) is 130 cm³/mol. The zero-order chi connectivity index (χ0) is 24.5. The molecule has 0 saturated carbocycles. The molecular weight excluding hydrogens is 454 g/mol. The molecule has 9 nitrogen and oxygen atoms in total. The van der Waals surface area contributed by atoms with Crippen molar-refractivity contribution in [3.8, 4) is 11.3 Å². The summed E-state index contributed by atoms with van der Waals surface area (Å²) in [6, 6.07) is 5.87. The number of rotatable bonds is 8. The Balaban J connectivity index is 1.36. The summed E-state index contributed by atoms with van der Waals surface area (Å²) in [5, 5.41) is 8.16. The Morgan fingerprint density at radius 1 is 1.23 bits per heavy atom. The first-order chi connectivity index (χ1) is 16.9. The Morgan fingerprint density at radius 2 is 2.09 bits per heavy atom. The maximum atomic E-state index is 13.1. The van der Waals surface area contributed by atoms with Crippen molar-refractivity contribution in [2.24, 2.45) is 5.92 Å². The summed E-state index contributed by atoms with van der Waals surface area (Å²) in [6.07, 6.45) is 2.17. The molecule has 5 heterocycles. The van der Waals surface area contributed by atoms with Crippen molar-refractivity contribution in [1.29, 1.82) is 0 Å². The highest BCUT2D eigenvalue weighted by molar-refractivity contribution is 5.82. The average Bonchev–Trinajstić information content (AvgIpc) is 3.39. The van der Waals surface area contributed by atoms with Gasteiger partial charge in [0.1, 0.15) is 11.3 Å². The van der Waals surface area contributed by atoms with Crippen LogP contribution in [0.4, 0.5) is 14.7 Å². The van der Waals surface area contributed by atoms with Crippen LogP contribution in [-0.2, 0) is 11.3 Å². The Kier molecular flexibility index (Phi) is 6.61. The topological polar surface area (TPSA) is 85.4 Å². The Labute approximate surface area is 202 Å². The molecule has 1 saturated heterocycles. The van der Waals surface area contributed by atoms with Crippen LogP contribution in [0.5, 0.6) is 0 Å². The van der Waals surface area contributed by atoms with E-state index in [0.717, 1.165) is 43.7 Å². The van der Waals surface area contributed by atoms with Crippen LogP contribution in [0.2, 0.25) is 0 Å². The van der Waals surface area contributed by atoms with E-state index in [-0.39, 0.29) is 0 Å². The van der Waals surface area contributed by atoms with Gasteiger partial charge < -0.3 is 19.5 Å². The lowest BCUT2D eigenvalue weighted by molar-refractivity contribution is 0.113. The fourth-order valence-corrected chi connectivity index (χ4v) is 4.84. The molecule has 1 N–H and O–H groups in total. The van der Waals surface area contributed by atoms with Crippen LogP contribution in [-0.4, -0.2) is 79.9 Å². The maximum Gasteiger partial charge on any atom is 0.256 e. The number of aryl methyl sites for hydroxylation is 1. The number of nitrogens with one attached hydrogen (secondary N) is 1. The van der Waals surface area contributed by atoms with Crippen molar-refractivity contribution in [3.63, 3.8) is 0 Å². The molecule has 1 aliphatic heterocycles. The number of nitrogens with zero attached hydrogens (tertiary/aromatic N) is 7. The van der Waals surface area contributed by atoms with Crippen LogP contribution in [0.3, 0.4) is 0 Å². The molecule has 0 amide bonds. The molecule has 0 radical (unpaired) electrons. The van der Waals surface area contributed by atoms with E-state index >= 15 is 0 Å². The maximum absolute atomic E-state index is 13.1. The molecule has 0 spiro atoms. The number of hydrogen-bond acceptors (Lipinski definition) is 7. The minimum Gasteiger partial charge on any atom is -0.383 e. The molecule has 1 fully saturated rings. The molecule has 0 unspecified atom stereocenters. The molecule has 11 heteroatoms. The van der Waals surface area contributed by atoms with E-state index < -0.39 is 13.0 Å². The Morgan fingerprint density at radius 3 is 2.86 bits per heavy atom. The number of fused-ring (bicyclic) bond motifs is 2. The molecule has 1 aliphatic rings. The molecule has 5 rings (SSSR count). The number of anilines is 1. The number of alkyl halides is 2. The number of halogens is 2. The summed E-state index contributed by atoms with van der Waals surface area (Å²) in [5.41, 5.74) is 3.34. The highest BCUT2D eigenvalue weighted by Crippen LogP contribution is 2.27. The van der Waals surface area contributed by atoms with Gasteiger partial charge in [-0.25, -0.2) is 28.2 Å². The van der Waals surface area contributed by atoms with Crippen LogP contribution < -0.4 is 5.32 Å². The fourth-order valence-electron chi connectivity index (χ4n) is 4.84. The third-order valence-corrected chi connectivity index (χ3v) is 6.71. The number of imidazole rings is 1. The molecule has 2 atom stereocenters. The zero-order valence-electron chi connectivity index (χ0n) is 20.2. The van der Waals surface area contributed by atoms with Gasteiger partial charge >= 0.3 is 0 Å². The first-order valence-corrected chi connectivity index (χ1v) is 11.9. The van der Waals surface area contributed by atoms with Crippen LogP contribution in [0.1, 0.15) is 19.2 Å². The van der Waals surface area contributed by atoms with Gasteiger partial charge in [-0.1, -0.05) is 6.92 Å². The van der Waals surface area contributed by atoms with Crippen molar-refractivity contribution in [3.05, 3.63) is 36.4 Å². The number of piperidine rings is 1. The summed E-state index contributed by atoms with van der Waals surface area (Å²) >= 11 is 0. The number of methoxy groups -OCH3 is 1. The van der Waals surface area contributed by atoms with E-state index in [4.69, 9.17) is 4.74 Å². The van der Waals surface area contributed by atoms with Crippen molar-refractivity contribution < 1.29 is 13.5 Å². The lowest BCUT2D eigenvalue weighted by Crippen LogP contribution is -2.46. The van der Waals surface area contributed by atoms with E-state index in [0.29, 0.717) is 40.6 Å². The number of likely N-dealkylation sites (tertiary alicyclic amines) is 1. The summed E-state index contributed by atoms with van der Waals surface area (Å²) in [6.45, 7) is 7.23. The monoisotopic (exact) mass is 484 g/mol. The second kappa shape index (κ2) is 9.82. The second-order valence-electron chi connectivity index (χ2n) is 9.15. The Bertz CT molecular complexity index is 1320. The van der Waals surface area contributed by atoms with Crippen LogP contribution in [0.15, 0.2) is 30.6 Å². The van der Waals surface area contributed by atoms with E-state index in [2.05, 4.69) is 37.2 Å². The van der Waals surface area contributed by atoms with Gasteiger partial charge in [0, 0.05) is 44.5 Å². The van der Waals surface area contributed by atoms with Crippen molar-refractivity contribution in [1.82, 2.24) is 34.0 Å². The number of hydrogen-bond donors (Lipinski definition) is 1. The molecule has 4 aromatic heterocycles. The lowest BCUT2D eigenvalue weighted by Gasteiger charge is -2.37. The summed E-state index contributed by atoms with van der Waals surface area (Å²) in [5.74, 6) is 1.55. The second-order valence-corrected chi connectivity index (χ2v) is 9.15. The van der Waals surface area contributed by atoms with Gasteiger partial charge in [0.15, 0.2) is 5.65 Å². The molecule has 0 aromatic carbocycles. The number of ether oxygens (including phenoxy) is 1. The Hall–Kier alpha value is -3.18. The predicted octanol–water partition coefficient (Wildman–Crippen LogP) is 3.48. The smallest absolute Gasteiger partial charge is 0.256 e. The quantitative estimate of drug-likeness (QED) is 0.410. The van der Waals surface area contributed by atoms with Crippen LogP contribution >= 0.6 is 0 Å². The van der Waals surface area contributed by atoms with Crippen LogP contribution in [0.25, 0.3) is 27.9 Å². The van der Waals surface area contributed by atoms with Gasteiger partial charge in [0.05, 0.1) is 30.6 Å². The highest BCUT2D eigenvalue weighted by Gasteiger charge is 2.26. The third kappa shape index (κ3) is 4.83. The number of aromatic nitrogens is 6. The summed E-state index contributed by atoms with van der Waals surface area (Å²) in [4.78, 5) is 16.0. The SMILES string of the molecule is COCCN1CC[C@H](Nc2ncc3c(-c4ccc5nc(C)n(CC(F)F)c5n4)ccn3n2)[C@H](C)C1. The van der Waals surface area contributed by atoms with E-state index in [1.54, 1.807) is 24.7 Å². The molecule has 35 heavy (non-hydrogen) atoms. The first kappa shape index (κ1) is 23.6. The molecule has 4 aromatic rings. The minimum atomic E-state index is -2.48. The molecule has 186 valence electrons. The first-order valence-electron chi connectivity index (χ1n) is 11.9. The summed E-state index contributed by atoms with van der Waals surface area (Å²) < 4.78 is 34.6. The van der Waals surface area contributed by atoms with E-state index in [9.17, 15) is 8.78 Å². The van der Waals surface area contributed by atoms with Crippen molar-refractivity contribution >= 4 is 22.6 Å². The largest absolute Gasteiger partial charge is 0.383 e. The fraction of sp³-hybridized carbons (Fsp3) is 0.500. The molecule has 0 aliphatic carbocycles. The van der Waals surface area contributed by atoms with E-state index in [1.165, 1.54) is 4.57 Å². The van der Waals surface area contributed by atoms with Gasteiger partial charge in [0.2, 0.25) is 5.95 Å². The summed E-state index contributed by atoms with van der Waals surface area (Å²) in [7, 11) is 1.73. The van der Waals surface area contributed by atoms with Crippen LogP contribution in [0, 0.1) is 12.8 Å². The lowest BCUT2D eigenvalue weighted by atomic mass is 9.94. The van der Waals surface area contributed by atoms with Gasteiger partial charge in [-0.2, -0.15) is 0 Å². The normalized spacial score (nSPS) is 19.3. The molecule has 0 bridgehead atoms. The van der Waals surface area contributed by atoms with Crippen molar-refractivity contribution in [2.45, 2.75) is 39.3 Å². The minimum absolute atomic E-state index is 0.295. The van der Waals surface area contributed by atoms with Gasteiger partial charge in [-0.05, 0) is 37.5 Å². The van der Waals surface area contributed by atoms with Gasteiger partial charge in [-0.3, -0.25) is 0 Å². The third-order valence-electron chi connectivity index (χ3n) is 6.71. The van der Waals surface area contributed by atoms with Crippen molar-refractivity contribution in [2.75, 3.05) is 38.7 Å². The average molecular weight is 485 g/mol. The van der Waals surface area contributed by atoms with E-state index in [1.807, 2.05) is 24.4 Å². The standard InChI is InChI=1S/C24H30F2N8O/c1-15-13-32(10-11-35-3)8-7-18(15)30-24-27-12-21-17(6-9-34(21)31-24)19-4-5-20-23(29-19)33(14-22(25)26)16(2)28-20/h4-6,9,12,15,18,22H,7-8,10-11,13-14H2,1-3H3,(H,30,31)/t15-,18+/m1/s1. The molecular formula is C24H30F2N8O. The highest BCUT2D eigenvalue weighted by atomic mass is 19.3. The number of pyridine rings is 1.